The van der Waals surface area contributed by atoms with Crippen molar-refractivity contribution in [2.45, 2.75) is 31.7 Å². The van der Waals surface area contributed by atoms with Crippen molar-refractivity contribution in [2.24, 2.45) is 11.8 Å². The van der Waals surface area contributed by atoms with Gasteiger partial charge in [-0.1, -0.05) is 31.1 Å². The molecular weight excluding hydrogens is 186 g/mol. The molecule has 2 unspecified atom stereocenters. The largest absolute Gasteiger partial charge is 0.339 e. The topological polar surface area (TPSA) is 20.3 Å². The van der Waals surface area contributed by atoms with Crippen LogP contribution in [0.5, 0.6) is 0 Å². The first-order chi connectivity index (χ1) is 7.36. The number of nitrogens with zero attached hydrogens (tertiary/aromatic N) is 1. The van der Waals surface area contributed by atoms with E-state index in [0.717, 1.165) is 6.54 Å². The maximum absolute atomic E-state index is 12.1. The van der Waals surface area contributed by atoms with E-state index in [0.29, 0.717) is 17.9 Å². The van der Waals surface area contributed by atoms with E-state index in [1.165, 1.54) is 25.7 Å². The summed E-state index contributed by atoms with van der Waals surface area (Å²) in [7, 11) is 0. The number of fused-ring (bicyclic) bond motifs is 1. The quantitative estimate of drug-likeness (QED) is 0.636. The molecular formula is C13H16NO. The molecule has 1 saturated heterocycles. The second kappa shape index (κ2) is 3.51. The third-order valence-corrected chi connectivity index (χ3v) is 3.88. The minimum atomic E-state index is 0.0237. The Hall–Kier alpha value is -1.05. The molecule has 2 nitrogen and oxygen atoms in total. The van der Waals surface area contributed by atoms with Gasteiger partial charge in [0.15, 0.2) is 0 Å². The first kappa shape index (κ1) is 9.20. The molecule has 2 atom stereocenters. The maximum atomic E-state index is 12.1. The molecule has 1 aliphatic heterocycles. The van der Waals surface area contributed by atoms with E-state index in [1.54, 1.807) is 0 Å². The Morgan fingerprint density at radius 2 is 2.13 bits per heavy atom. The normalized spacial score (nSPS) is 35.2. The van der Waals surface area contributed by atoms with Crippen LogP contribution >= 0.6 is 0 Å². The molecule has 1 saturated carbocycles. The van der Waals surface area contributed by atoms with Crippen molar-refractivity contribution in [3.63, 3.8) is 0 Å². The van der Waals surface area contributed by atoms with E-state index in [2.05, 4.69) is 17.1 Å². The number of hydrogen-bond donors (Lipinski definition) is 0. The number of carbonyl (C=O) groups excluding carboxylic acids is 1. The number of rotatable bonds is 1. The van der Waals surface area contributed by atoms with Crippen LogP contribution in [-0.4, -0.2) is 23.4 Å². The van der Waals surface area contributed by atoms with Crippen LogP contribution in [0.4, 0.5) is 0 Å². The van der Waals surface area contributed by atoms with Crippen LogP contribution in [0.1, 0.15) is 25.7 Å². The van der Waals surface area contributed by atoms with E-state index in [1.807, 2.05) is 12.2 Å². The van der Waals surface area contributed by atoms with Gasteiger partial charge in [-0.2, -0.15) is 0 Å². The number of hydrogen-bond acceptors (Lipinski definition) is 1. The molecule has 0 aromatic carbocycles. The van der Waals surface area contributed by atoms with Gasteiger partial charge in [-0.05, 0) is 18.9 Å². The maximum Gasteiger partial charge on any atom is 0.231 e. The zero-order chi connectivity index (χ0) is 10.3. The van der Waals surface area contributed by atoms with E-state index in [4.69, 9.17) is 0 Å². The SMILES string of the molecule is O=C1C2[C]=CC=CC2CN1C1CCCC1. The summed E-state index contributed by atoms with van der Waals surface area (Å²) in [6, 6.07) is 0.526. The number of amides is 1. The lowest BCUT2D eigenvalue weighted by Gasteiger charge is -2.23. The van der Waals surface area contributed by atoms with Crippen LogP contribution in [-0.2, 0) is 4.79 Å². The molecule has 3 aliphatic rings. The summed E-state index contributed by atoms with van der Waals surface area (Å²) in [4.78, 5) is 14.2. The fraction of sp³-hybridized carbons (Fsp3) is 0.615. The zero-order valence-corrected chi connectivity index (χ0v) is 8.86. The minimum absolute atomic E-state index is 0.0237. The first-order valence-corrected chi connectivity index (χ1v) is 5.93. The molecule has 0 aromatic heterocycles. The molecule has 79 valence electrons. The molecule has 3 rings (SSSR count). The smallest absolute Gasteiger partial charge is 0.231 e. The van der Waals surface area contributed by atoms with Crippen molar-refractivity contribution in [1.29, 1.82) is 0 Å². The lowest BCUT2D eigenvalue weighted by Crippen LogP contribution is -2.35. The summed E-state index contributed by atoms with van der Waals surface area (Å²) in [6.45, 7) is 0.922. The lowest BCUT2D eigenvalue weighted by molar-refractivity contribution is -0.131. The molecule has 1 amide bonds. The van der Waals surface area contributed by atoms with Crippen LogP contribution < -0.4 is 0 Å². The molecule has 0 N–H and O–H groups in total. The van der Waals surface area contributed by atoms with Crippen molar-refractivity contribution < 1.29 is 4.79 Å². The molecule has 1 radical (unpaired) electrons. The van der Waals surface area contributed by atoms with Crippen molar-refractivity contribution in [1.82, 2.24) is 4.90 Å². The van der Waals surface area contributed by atoms with E-state index in [9.17, 15) is 4.79 Å². The van der Waals surface area contributed by atoms with Gasteiger partial charge in [-0.15, -0.1) is 0 Å². The molecule has 2 heteroatoms. The monoisotopic (exact) mass is 202 g/mol. The second-order valence-corrected chi connectivity index (χ2v) is 4.79. The summed E-state index contributed by atoms with van der Waals surface area (Å²) < 4.78 is 0. The van der Waals surface area contributed by atoms with Gasteiger partial charge in [-0.3, -0.25) is 4.79 Å². The van der Waals surface area contributed by atoms with Gasteiger partial charge in [0.05, 0.1) is 5.92 Å². The summed E-state index contributed by atoms with van der Waals surface area (Å²) in [5.41, 5.74) is 0. The lowest BCUT2D eigenvalue weighted by atomic mass is 9.92. The van der Waals surface area contributed by atoms with Crippen LogP contribution in [0.3, 0.4) is 0 Å². The summed E-state index contributed by atoms with van der Waals surface area (Å²) in [5, 5.41) is 0. The summed E-state index contributed by atoms with van der Waals surface area (Å²) >= 11 is 0. The Balaban J connectivity index is 1.79. The van der Waals surface area contributed by atoms with E-state index < -0.39 is 0 Å². The van der Waals surface area contributed by atoms with Crippen molar-refractivity contribution >= 4 is 5.91 Å². The zero-order valence-electron chi connectivity index (χ0n) is 8.86. The van der Waals surface area contributed by atoms with Gasteiger partial charge in [0.2, 0.25) is 5.91 Å². The fourth-order valence-corrected chi connectivity index (χ4v) is 3.05. The van der Waals surface area contributed by atoms with Crippen LogP contribution in [0.15, 0.2) is 18.2 Å². The second-order valence-electron chi connectivity index (χ2n) is 4.79. The Morgan fingerprint density at radius 3 is 2.87 bits per heavy atom. The predicted molar refractivity (Wildman–Crippen MR) is 57.9 cm³/mol. The molecule has 2 aliphatic carbocycles. The Labute approximate surface area is 90.6 Å². The molecule has 15 heavy (non-hydrogen) atoms. The van der Waals surface area contributed by atoms with E-state index >= 15 is 0 Å². The minimum Gasteiger partial charge on any atom is -0.339 e. The molecule has 2 fully saturated rings. The van der Waals surface area contributed by atoms with Gasteiger partial charge in [-0.25, -0.2) is 0 Å². The van der Waals surface area contributed by atoms with Gasteiger partial charge in [0, 0.05) is 18.5 Å². The Kier molecular flexibility index (Phi) is 2.15. The predicted octanol–water partition coefficient (Wildman–Crippen LogP) is 1.93. The van der Waals surface area contributed by atoms with Crippen molar-refractivity contribution in [3.05, 3.63) is 24.3 Å². The van der Waals surface area contributed by atoms with Gasteiger partial charge in [0.1, 0.15) is 0 Å². The standard InChI is InChI=1S/C13H16NO/c15-13-12-8-4-1-5-10(12)9-14(13)11-6-2-3-7-11/h1,4-5,10-12H,2-3,6-7,9H2. The highest BCUT2D eigenvalue weighted by Gasteiger charge is 2.41. The average molecular weight is 202 g/mol. The molecule has 1 heterocycles. The van der Waals surface area contributed by atoms with Crippen molar-refractivity contribution in [2.75, 3.05) is 6.54 Å². The van der Waals surface area contributed by atoms with Crippen LogP contribution in [0.2, 0.25) is 0 Å². The highest BCUT2D eigenvalue weighted by atomic mass is 16.2. The van der Waals surface area contributed by atoms with Gasteiger partial charge in [0.25, 0.3) is 0 Å². The number of likely N-dealkylation sites (tertiary alicyclic amines) is 1. The van der Waals surface area contributed by atoms with Crippen LogP contribution in [0, 0.1) is 17.9 Å². The van der Waals surface area contributed by atoms with Crippen LogP contribution in [0.25, 0.3) is 0 Å². The highest BCUT2D eigenvalue weighted by Crippen LogP contribution is 2.34. The Morgan fingerprint density at radius 1 is 1.33 bits per heavy atom. The first-order valence-electron chi connectivity index (χ1n) is 5.93. The molecule has 0 bridgehead atoms. The molecule has 0 spiro atoms. The average Bonchev–Trinajstić information content (AvgIpc) is 2.87. The fourth-order valence-electron chi connectivity index (χ4n) is 3.05. The molecule has 0 aromatic rings. The Bertz CT molecular complexity index is 325. The number of allylic oxidation sites excluding steroid dienone is 2. The van der Waals surface area contributed by atoms with E-state index in [-0.39, 0.29) is 5.92 Å². The number of carbonyl (C=O) groups is 1. The van der Waals surface area contributed by atoms with Gasteiger partial charge >= 0.3 is 0 Å². The summed E-state index contributed by atoms with van der Waals surface area (Å²) in [6.07, 6.45) is 14.2. The third-order valence-electron chi connectivity index (χ3n) is 3.88. The highest BCUT2D eigenvalue weighted by molar-refractivity contribution is 5.83. The van der Waals surface area contributed by atoms with Gasteiger partial charge < -0.3 is 4.90 Å². The third kappa shape index (κ3) is 1.43. The van der Waals surface area contributed by atoms with Crippen molar-refractivity contribution in [3.8, 4) is 0 Å². The summed E-state index contributed by atoms with van der Waals surface area (Å²) in [5.74, 6) is 0.728.